The van der Waals surface area contributed by atoms with E-state index in [0.29, 0.717) is 28.8 Å². The first-order chi connectivity index (χ1) is 23.2. The molecule has 2 N–H and O–H groups in total. The number of carbonyl (C=O) groups is 1. The SMILES string of the molecule is COc1ccc(-c2cnc(N)c(-c3ccc(CC(=O)c4cn([C@H](C)C5CCOCC5)cc(-c5ccc(C)cc5)c4=O)cc3)c2)cc1OC. The Kier molecular flexibility index (Phi) is 9.73. The summed E-state index contributed by atoms with van der Waals surface area (Å²) in [6, 6.07) is 23.3. The molecule has 0 amide bonds. The quantitative estimate of drug-likeness (QED) is 0.157. The van der Waals surface area contributed by atoms with Gasteiger partial charge in [0.2, 0.25) is 0 Å². The van der Waals surface area contributed by atoms with Gasteiger partial charge in [-0.3, -0.25) is 9.59 Å². The number of carbonyl (C=O) groups excluding carboxylic acids is 1. The maximum atomic E-state index is 13.8. The zero-order chi connectivity index (χ0) is 33.8. The Balaban J connectivity index is 1.28. The van der Waals surface area contributed by atoms with Crippen LogP contribution in [0.1, 0.15) is 47.3 Å². The molecule has 0 saturated carbocycles. The second-order valence-corrected chi connectivity index (χ2v) is 12.4. The van der Waals surface area contributed by atoms with E-state index in [9.17, 15) is 9.59 Å². The lowest BCUT2D eigenvalue weighted by atomic mass is 9.91. The number of nitrogens with zero attached hydrogens (tertiary/aromatic N) is 2. The van der Waals surface area contributed by atoms with Crippen LogP contribution in [0.15, 0.2) is 96.2 Å². The molecule has 48 heavy (non-hydrogen) atoms. The second kappa shape index (κ2) is 14.3. The first kappa shape index (κ1) is 32.7. The summed E-state index contributed by atoms with van der Waals surface area (Å²) >= 11 is 0. The van der Waals surface area contributed by atoms with E-state index in [2.05, 4.69) is 16.5 Å². The number of hydrogen-bond donors (Lipinski definition) is 1. The minimum atomic E-state index is -0.248. The molecule has 1 aliphatic heterocycles. The summed E-state index contributed by atoms with van der Waals surface area (Å²) in [4.78, 5) is 32.2. The van der Waals surface area contributed by atoms with Crippen LogP contribution >= 0.6 is 0 Å². The molecule has 0 bridgehead atoms. The van der Waals surface area contributed by atoms with E-state index in [-0.39, 0.29) is 29.2 Å². The van der Waals surface area contributed by atoms with Crippen molar-refractivity contribution in [1.82, 2.24) is 9.55 Å². The largest absolute Gasteiger partial charge is 0.493 e. The first-order valence-corrected chi connectivity index (χ1v) is 16.3. The van der Waals surface area contributed by atoms with Crippen LogP contribution in [-0.2, 0) is 11.2 Å². The van der Waals surface area contributed by atoms with Gasteiger partial charge in [-0.15, -0.1) is 0 Å². The molecule has 8 heteroatoms. The van der Waals surface area contributed by atoms with E-state index in [1.165, 1.54) is 0 Å². The van der Waals surface area contributed by atoms with Crippen LogP contribution in [0.3, 0.4) is 0 Å². The minimum Gasteiger partial charge on any atom is -0.493 e. The number of anilines is 1. The van der Waals surface area contributed by atoms with Gasteiger partial charge >= 0.3 is 0 Å². The van der Waals surface area contributed by atoms with E-state index in [4.69, 9.17) is 19.9 Å². The van der Waals surface area contributed by atoms with Crippen molar-refractivity contribution in [2.75, 3.05) is 33.2 Å². The first-order valence-electron chi connectivity index (χ1n) is 16.3. The summed E-state index contributed by atoms with van der Waals surface area (Å²) in [6.45, 7) is 5.63. The number of ketones is 1. The summed E-state index contributed by atoms with van der Waals surface area (Å²) in [5, 5.41) is 0. The fourth-order valence-corrected chi connectivity index (χ4v) is 6.37. The van der Waals surface area contributed by atoms with Crippen LogP contribution < -0.4 is 20.6 Å². The van der Waals surface area contributed by atoms with Gasteiger partial charge in [-0.1, -0.05) is 60.2 Å². The Bertz CT molecular complexity index is 1980. The van der Waals surface area contributed by atoms with Gasteiger partial charge in [-0.2, -0.15) is 0 Å². The van der Waals surface area contributed by atoms with Gasteiger partial charge in [0.25, 0.3) is 0 Å². The molecule has 2 aromatic heterocycles. The number of aryl methyl sites for hydroxylation is 1. The maximum Gasteiger partial charge on any atom is 0.200 e. The maximum absolute atomic E-state index is 13.8. The highest BCUT2D eigenvalue weighted by Crippen LogP contribution is 2.35. The van der Waals surface area contributed by atoms with Gasteiger partial charge in [-0.05, 0) is 73.1 Å². The molecular weight excluding hydrogens is 602 g/mol. The van der Waals surface area contributed by atoms with Crippen LogP contribution in [0.4, 0.5) is 5.82 Å². The number of Topliss-reactive ketones (excluding diaryl/α,β-unsaturated/α-hetero) is 1. The number of rotatable bonds is 10. The highest BCUT2D eigenvalue weighted by molar-refractivity contribution is 5.98. The fraction of sp³-hybridized carbons (Fsp3) is 0.275. The number of hydrogen-bond acceptors (Lipinski definition) is 7. The molecule has 1 aliphatic rings. The lowest BCUT2D eigenvalue weighted by Crippen LogP contribution is -2.27. The molecule has 6 rings (SSSR count). The van der Waals surface area contributed by atoms with Crippen LogP contribution in [-0.4, -0.2) is 42.8 Å². The molecule has 0 radical (unpaired) electrons. The zero-order valence-electron chi connectivity index (χ0n) is 27.9. The molecule has 8 nitrogen and oxygen atoms in total. The van der Waals surface area contributed by atoms with Crippen molar-refractivity contribution in [3.8, 4) is 44.9 Å². The van der Waals surface area contributed by atoms with Gasteiger partial charge in [0.1, 0.15) is 5.82 Å². The number of ether oxygens (including phenoxy) is 3. The molecule has 1 fully saturated rings. The Morgan fingerprint density at radius 3 is 2.21 bits per heavy atom. The second-order valence-electron chi connectivity index (χ2n) is 12.4. The van der Waals surface area contributed by atoms with Crippen molar-refractivity contribution in [3.05, 3.63) is 118 Å². The van der Waals surface area contributed by atoms with Gasteiger partial charge in [0.05, 0.1) is 19.8 Å². The van der Waals surface area contributed by atoms with Gasteiger partial charge in [0, 0.05) is 61.0 Å². The van der Waals surface area contributed by atoms with E-state index in [1.54, 1.807) is 26.6 Å². The number of nitrogen functional groups attached to an aromatic ring is 1. The number of methoxy groups -OCH3 is 2. The van der Waals surface area contributed by atoms with Crippen molar-refractivity contribution >= 4 is 11.6 Å². The number of aromatic nitrogens is 2. The molecule has 0 aliphatic carbocycles. The third-order valence-electron chi connectivity index (χ3n) is 9.39. The van der Waals surface area contributed by atoms with Crippen molar-refractivity contribution in [3.63, 3.8) is 0 Å². The highest BCUT2D eigenvalue weighted by Gasteiger charge is 2.24. The predicted molar refractivity (Wildman–Crippen MR) is 190 cm³/mol. The van der Waals surface area contributed by atoms with Crippen LogP contribution in [0.5, 0.6) is 11.5 Å². The Labute approximate surface area is 281 Å². The molecule has 246 valence electrons. The predicted octanol–water partition coefficient (Wildman–Crippen LogP) is 7.57. The van der Waals surface area contributed by atoms with Crippen molar-refractivity contribution in [2.45, 2.75) is 39.2 Å². The fourth-order valence-electron chi connectivity index (χ4n) is 6.37. The van der Waals surface area contributed by atoms with Gasteiger partial charge in [-0.25, -0.2) is 4.98 Å². The Hall–Kier alpha value is -5.21. The van der Waals surface area contributed by atoms with E-state index in [1.807, 2.05) is 85.9 Å². The minimum absolute atomic E-state index is 0.0952. The van der Waals surface area contributed by atoms with E-state index >= 15 is 0 Å². The topological polar surface area (TPSA) is 106 Å². The standard InChI is InChI=1S/C40H41N3O5/c1-25-5-9-30(10-6-25)34-23-43(26(2)28-15-17-48-18-16-28)24-35(39(34)45)36(44)19-27-7-11-29(12-8-27)33-20-32(22-42-40(33)41)31-13-14-37(46-3)38(21-31)47-4/h5-14,20-24,26,28H,15-19H2,1-4H3,(H2,41,42)/t26-/m1/s1. The van der Waals surface area contributed by atoms with Crippen molar-refractivity contribution in [2.24, 2.45) is 5.92 Å². The van der Waals surface area contributed by atoms with Crippen molar-refractivity contribution in [1.29, 1.82) is 0 Å². The zero-order valence-corrected chi connectivity index (χ0v) is 27.9. The third kappa shape index (κ3) is 6.89. The molecule has 3 aromatic carbocycles. The number of benzene rings is 3. The lowest BCUT2D eigenvalue weighted by Gasteiger charge is -2.30. The number of nitrogens with two attached hydrogens (primary N) is 1. The Morgan fingerprint density at radius 1 is 0.875 bits per heavy atom. The summed E-state index contributed by atoms with van der Waals surface area (Å²) in [5.74, 6) is 1.84. The van der Waals surface area contributed by atoms with Crippen molar-refractivity contribution < 1.29 is 19.0 Å². The smallest absolute Gasteiger partial charge is 0.200 e. The normalized spacial score (nSPS) is 14.0. The molecule has 3 heterocycles. The Morgan fingerprint density at radius 2 is 1.52 bits per heavy atom. The summed E-state index contributed by atoms with van der Waals surface area (Å²) < 4.78 is 18.5. The van der Waals surface area contributed by atoms with Gasteiger partial charge < -0.3 is 24.5 Å². The summed E-state index contributed by atoms with van der Waals surface area (Å²) in [7, 11) is 3.20. The average Bonchev–Trinajstić information content (AvgIpc) is 3.12. The summed E-state index contributed by atoms with van der Waals surface area (Å²) in [6.07, 6.45) is 7.38. The highest BCUT2D eigenvalue weighted by atomic mass is 16.5. The molecular formula is C40H41N3O5. The molecule has 0 unspecified atom stereocenters. The van der Waals surface area contributed by atoms with E-state index < -0.39 is 0 Å². The molecule has 5 aromatic rings. The molecule has 1 atom stereocenters. The van der Waals surface area contributed by atoms with Gasteiger partial charge in [0.15, 0.2) is 22.7 Å². The van der Waals surface area contributed by atoms with E-state index in [0.717, 1.165) is 65.0 Å². The average molecular weight is 644 g/mol. The molecule has 0 spiro atoms. The third-order valence-corrected chi connectivity index (χ3v) is 9.39. The van der Waals surface area contributed by atoms with Crippen LogP contribution in [0, 0.1) is 12.8 Å². The lowest BCUT2D eigenvalue weighted by molar-refractivity contribution is 0.0512. The van der Waals surface area contributed by atoms with Crippen LogP contribution in [0.2, 0.25) is 0 Å². The monoisotopic (exact) mass is 643 g/mol. The van der Waals surface area contributed by atoms with Crippen LogP contribution in [0.25, 0.3) is 33.4 Å². The number of pyridine rings is 2. The summed E-state index contributed by atoms with van der Waals surface area (Å²) in [5.41, 5.74) is 12.9. The molecule has 1 saturated heterocycles.